The highest BCUT2D eigenvalue weighted by molar-refractivity contribution is 5.73. The van der Waals surface area contributed by atoms with E-state index in [9.17, 15) is 4.79 Å². The fourth-order valence-corrected chi connectivity index (χ4v) is 2.33. The molecule has 0 bridgehead atoms. The number of rotatable bonds is 6. The lowest BCUT2D eigenvalue weighted by Crippen LogP contribution is -2.35. The first kappa shape index (κ1) is 15.8. The molecule has 0 aliphatic heterocycles. The number of nitrogens with one attached hydrogen (secondary N) is 2. The SMILES string of the molecule is Cn1nccc1CNC(=O)NCc1ccc(Cn2cccn2)cc1. The molecule has 124 valence electrons. The Labute approximate surface area is 140 Å². The average Bonchev–Trinajstić information content (AvgIpc) is 3.24. The minimum absolute atomic E-state index is 0.197. The zero-order chi connectivity index (χ0) is 16.8. The van der Waals surface area contributed by atoms with Crippen LogP contribution >= 0.6 is 0 Å². The molecule has 2 N–H and O–H groups in total. The van der Waals surface area contributed by atoms with Crippen LogP contribution in [0.1, 0.15) is 16.8 Å². The van der Waals surface area contributed by atoms with Crippen molar-refractivity contribution in [1.82, 2.24) is 30.2 Å². The van der Waals surface area contributed by atoms with E-state index in [1.165, 1.54) is 5.56 Å². The molecule has 0 spiro atoms. The third-order valence-corrected chi connectivity index (χ3v) is 3.73. The molecule has 0 fully saturated rings. The van der Waals surface area contributed by atoms with E-state index in [0.29, 0.717) is 13.1 Å². The minimum atomic E-state index is -0.197. The van der Waals surface area contributed by atoms with Crippen LogP contribution < -0.4 is 10.6 Å². The number of aromatic nitrogens is 4. The number of aryl methyl sites for hydroxylation is 1. The second-order valence-electron chi connectivity index (χ2n) is 5.50. The van der Waals surface area contributed by atoms with Crippen molar-refractivity contribution in [2.75, 3.05) is 0 Å². The Hall–Kier alpha value is -3.09. The number of carbonyl (C=O) groups excluding carboxylic acids is 1. The number of benzene rings is 1. The summed E-state index contributed by atoms with van der Waals surface area (Å²) >= 11 is 0. The van der Waals surface area contributed by atoms with Gasteiger partial charge in [-0.3, -0.25) is 9.36 Å². The van der Waals surface area contributed by atoms with Crippen LogP contribution in [0.15, 0.2) is 55.0 Å². The largest absolute Gasteiger partial charge is 0.334 e. The third-order valence-electron chi connectivity index (χ3n) is 3.73. The maximum Gasteiger partial charge on any atom is 0.315 e. The predicted molar refractivity (Wildman–Crippen MR) is 90.1 cm³/mol. The van der Waals surface area contributed by atoms with E-state index in [-0.39, 0.29) is 6.03 Å². The zero-order valence-corrected chi connectivity index (χ0v) is 13.5. The summed E-state index contributed by atoms with van der Waals surface area (Å²) in [6, 6.07) is 11.7. The predicted octanol–water partition coefficient (Wildman–Crippen LogP) is 1.66. The molecule has 3 rings (SSSR count). The topological polar surface area (TPSA) is 76.8 Å². The zero-order valence-electron chi connectivity index (χ0n) is 13.5. The van der Waals surface area contributed by atoms with Gasteiger partial charge < -0.3 is 10.6 Å². The van der Waals surface area contributed by atoms with Crippen molar-refractivity contribution < 1.29 is 4.79 Å². The van der Waals surface area contributed by atoms with Gasteiger partial charge in [-0.2, -0.15) is 10.2 Å². The van der Waals surface area contributed by atoms with Crippen LogP contribution in [0.2, 0.25) is 0 Å². The van der Waals surface area contributed by atoms with Gasteiger partial charge in [0.2, 0.25) is 0 Å². The van der Waals surface area contributed by atoms with Crippen LogP contribution in [0.4, 0.5) is 4.79 Å². The maximum absolute atomic E-state index is 11.8. The molecular formula is C17H20N6O. The molecule has 24 heavy (non-hydrogen) atoms. The van der Waals surface area contributed by atoms with Crippen LogP contribution in [-0.4, -0.2) is 25.6 Å². The molecular weight excluding hydrogens is 304 g/mol. The van der Waals surface area contributed by atoms with Crippen LogP contribution in [0.5, 0.6) is 0 Å². The van der Waals surface area contributed by atoms with Gasteiger partial charge in [-0.05, 0) is 23.3 Å². The number of nitrogens with zero attached hydrogens (tertiary/aromatic N) is 4. The highest BCUT2D eigenvalue weighted by atomic mass is 16.2. The van der Waals surface area contributed by atoms with Crippen molar-refractivity contribution in [3.05, 3.63) is 71.8 Å². The van der Waals surface area contributed by atoms with Crippen LogP contribution in [-0.2, 0) is 26.7 Å². The van der Waals surface area contributed by atoms with Gasteiger partial charge in [-0.25, -0.2) is 4.79 Å². The molecule has 2 heterocycles. The molecule has 1 aromatic carbocycles. The van der Waals surface area contributed by atoms with E-state index in [1.54, 1.807) is 17.1 Å². The molecule has 0 radical (unpaired) electrons. The van der Waals surface area contributed by atoms with E-state index in [0.717, 1.165) is 17.8 Å². The summed E-state index contributed by atoms with van der Waals surface area (Å²) < 4.78 is 3.61. The Balaban J connectivity index is 1.44. The first-order chi connectivity index (χ1) is 11.7. The van der Waals surface area contributed by atoms with Crippen LogP contribution in [0, 0.1) is 0 Å². The minimum Gasteiger partial charge on any atom is -0.334 e. The van der Waals surface area contributed by atoms with E-state index in [2.05, 4.69) is 20.8 Å². The quantitative estimate of drug-likeness (QED) is 0.724. The molecule has 0 saturated heterocycles. The Kier molecular flexibility index (Phi) is 4.90. The first-order valence-electron chi connectivity index (χ1n) is 7.74. The van der Waals surface area contributed by atoms with E-state index >= 15 is 0 Å². The Bertz CT molecular complexity index is 776. The summed E-state index contributed by atoms with van der Waals surface area (Å²) in [4.78, 5) is 11.8. The number of carbonyl (C=O) groups is 1. The van der Waals surface area contributed by atoms with Gasteiger partial charge in [-0.1, -0.05) is 24.3 Å². The first-order valence-corrected chi connectivity index (χ1v) is 7.74. The molecule has 2 aromatic heterocycles. The van der Waals surface area contributed by atoms with Gasteiger partial charge in [-0.15, -0.1) is 0 Å². The van der Waals surface area contributed by atoms with Crippen molar-refractivity contribution in [3.63, 3.8) is 0 Å². The summed E-state index contributed by atoms with van der Waals surface area (Å²) in [5.74, 6) is 0. The lowest BCUT2D eigenvalue weighted by Gasteiger charge is -2.09. The maximum atomic E-state index is 11.8. The van der Waals surface area contributed by atoms with Crippen molar-refractivity contribution in [2.45, 2.75) is 19.6 Å². The Morgan fingerprint density at radius 3 is 2.42 bits per heavy atom. The Morgan fingerprint density at radius 2 is 1.75 bits per heavy atom. The molecule has 0 aliphatic carbocycles. The van der Waals surface area contributed by atoms with Gasteiger partial charge in [0.05, 0.1) is 18.8 Å². The normalized spacial score (nSPS) is 10.5. The average molecular weight is 324 g/mol. The second-order valence-corrected chi connectivity index (χ2v) is 5.50. The van der Waals surface area contributed by atoms with Crippen molar-refractivity contribution in [1.29, 1.82) is 0 Å². The number of hydrogen-bond acceptors (Lipinski definition) is 3. The van der Waals surface area contributed by atoms with Crippen molar-refractivity contribution in [2.24, 2.45) is 7.05 Å². The summed E-state index contributed by atoms with van der Waals surface area (Å²) in [6.45, 7) is 1.68. The van der Waals surface area contributed by atoms with Gasteiger partial charge >= 0.3 is 6.03 Å². The summed E-state index contributed by atoms with van der Waals surface area (Å²) in [5.41, 5.74) is 3.17. The lowest BCUT2D eigenvalue weighted by molar-refractivity contribution is 0.240. The van der Waals surface area contributed by atoms with Gasteiger partial charge in [0.15, 0.2) is 0 Å². The van der Waals surface area contributed by atoms with Gasteiger partial charge in [0, 0.05) is 32.2 Å². The number of hydrogen-bond donors (Lipinski definition) is 2. The van der Waals surface area contributed by atoms with E-state index < -0.39 is 0 Å². The molecule has 0 aliphatic rings. The molecule has 2 amide bonds. The number of amides is 2. The molecule has 3 aromatic rings. The summed E-state index contributed by atoms with van der Waals surface area (Å²) in [5, 5.41) is 13.9. The highest BCUT2D eigenvalue weighted by Gasteiger charge is 2.03. The van der Waals surface area contributed by atoms with E-state index in [4.69, 9.17) is 0 Å². The standard InChI is InChI=1S/C17H20N6O/c1-22-16(7-9-20-22)12-19-17(24)18-11-14-3-5-15(6-4-14)13-23-10-2-8-21-23/h2-10H,11-13H2,1H3,(H2,18,19,24). The molecule has 0 atom stereocenters. The van der Waals surface area contributed by atoms with E-state index in [1.807, 2.05) is 54.3 Å². The van der Waals surface area contributed by atoms with Gasteiger partial charge in [0.1, 0.15) is 0 Å². The van der Waals surface area contributed by atoms with Crippen LogP contribution in [0.3, 0.4) is 0 Å². The molecule has 7 nitrogen and oxygen atoms in total. The number of urea groups is 1. The molecule has 7 heteroatoms. The molecule has 0 unspecified atom stereocenters. The smallest absolute Gasteiger partial charge is 0.315 e. The van der Waals surface area contributed by atoms with Gasteiger partial charge in [0.25, 0.3) is 0 Å². The highest BCUT2D eigenvalue weighted by Crippen LogP contribution is 2.06. The summed E-state index contributed by atoms with van der Waals surface area (Å²) in [7, 11) is 1.85. The molecule has 0 saturated carbocycles. The van der Waals surface area contributed by atoms with Crippen molar-refractivity contribution >= 4 is 6.03 Å². The van der Waals surface area contributed by atoms with Crippen LogP contribution in [0.25, 0.3) is 0 Å². The summed E-state index contributed by atoms with van der Waals surface area (Å²) in [6.07, 6.45) is 5.41. The Morgan fingerprint density at radius 1 is 1.00 bits per heavy atom. The third kappa shape index (κ3) is 4.22. The van der Waals surface area contributed by atoms with Crippen molar-refractivity contribution in [3.8, 4) is 0 Å². The second kappa shape index (κ2) is 7.45. The monoisotopic (exact) mass is 324 g/mol. The fourth-order valence-electron chi connectivity index (χ4n) is 2.33. The lowest BCUT2D eigenvalue weighted by atomic mass is 10.1. The fraction of sp³-hybridized carbons (Fsp3) is 0.235.